The Morgan fingerprint density at radius 3 is 2.56 bits per heavy atom. The molecule has 5 heteroatoms. The van der Waals surface area contributed by atoms with Crippen LogP contribution >= 0.6 is 0 Å². The minimum absolute atomic E-state index is 0.0158. The topological polar surface area (TPSA) is 58.4 Å². The van der Waals surface area contributed by atoms with Gasteiger partial charge in [0.05, 0.1) is 12.1 Å². The van der Waals surface area contributed by atoms with Crippen LogP contribution in [0, 0.1) is 6.92 Å². The van der Waals surface area contributed by atoms with Gasteiger partial charge in [-0.2, -0.15) is 5.10 Å². The second kappa shape index (κ2) is 6.00. The van der Waals surface area contributed by atoms with Crippen molar-refractivity contribution in [2.45, 2.75) is 46.2 Å². The Balaban J connectivity index is 2.88. The monoisotopic (exact) mass is 253 g/mol. The van der Waals surface area contributed by atoms with Gasteiger partial charge in [-0.25, -0.2) is 0 Å². The van der Waals surface area contributed by atoms with E-state index >= 15 is 0 Å². The van der Waals surface area contributed by atoms with Crippen molar-refractivity contribution in [3.8, 4) is 0 Å². The first-order valence-corrected chi connectivity index (χ1v) is 6.34. The summed E-state index contributed by atoms with van der Waals surface area (Å²) in [5.41, 5.74) is 2.17. The summed E-state index contributed by atoms with van der Waals surface area (Å²) in [6.45, 7) is 8.93. The highest BCUT2D eigenvalue weighted by Gasteiger charge is 2.24. The van der Waals surface area contributed by atoms with Crippen molar-refractivity contribution in [2.24, 2.45) is 7.05 Å². The van der Waals surface area contributed by atoms with Crippen molar-refractivity contribution in [3.63, 3.8) is 0 Å². The molecule has 1 N–H and O–H groups in total. The smallest absolute Gasteiger partial charge is 0.304 e. The molecule has 1 heterocycles. The number of aliphatic carboxylic acids is 1. The van der Waals surface area contributed by atoms with Crippen LogP contribution in [-0.2, 0) is 11.8 Å². The molecule has 1 aromatic rings. The van der Waals surface area contributed by atoms with Crippen molar-refractivity contribution in [3.05, 3.63) is 17.5 Å². The second-order valence-corrected chi connectivity index (χ2v) is 4.80. The van der Waals surface area contributed by atoms with E-state index in [0.29, 0.717) is 0 Å². The number of aryl methyl sites for hydroxylation is 2. The molecule has 0 fully saturated rings. The standard InChI is InChI=1S/C13H23N3O2/c1-6-16(9(2)7-13(17)18)11(4)12-8-15(5)14-10(12)3/h8-9,11H,6-7H2,1-5H3,(H,17,18). The Bertz CT molecular complexity index is 414. The molecule has 102 valence electrons. The van der Waals surface area contributed by atoms with E-state index in [1.807, 2.05) is 27.1 Å². The van der Waals surface area contributed by atoms with E-state index < -0.39 is 5.97 Å². The van der Waals surface area contributed by atoms with Gasteiger partial charge in [-0.15, -0.1) is 0 Å². The number of nitrogens with zero attached hydrogens (tertiary/aromatic N) is 3. The van der Waals surface area contributed by atoms with Crippen molar-refractivity contribution < 1.29 is 9.90 Å². The highest BCUT2D eigenvalue weighted by atomic mass is 16.4. The van der Waals surface area contributed by atoms with Gasteiger partial charge in [0, 0.05) is 30.9 Å². The molecule has 2 atom stereocenters. The maximum atomic E-state index is 10.8. The van der Waals surface area contributed by atoms with Gasteiger partial charge in [-0.1, -0.05) is 6.92 Å². The predicted octanol–water partition coefficient (Wildman–Crippen LogP) is 1.97. The number of rotatable bonds is 6. The zero-order valence-corrected chi connectivity index (χ0v) is 11.8. The van der Waals surface area contributed by atoms with Crippen LogP contribution < -0.4 is 0 Å². The Hall–Kier alpha value is -1.36. The lowest BCUT2D eigenvalue weighted by Gasteiger charge is -2.32. The first-order chi connectivity index (χ1) is 8.36. The van der Waals surface area contributed by atoms with Gasteiger partial charge in [0.25, 0.3) is 0 Å². The molecular formula is C13H23N3O2. The molecule has 1 aromatic heterocycles. The number of aromatic nitrogens is 2. The maximum Gasteiger partial charge on any atom is 0.304 e. The number of hydrogen-bond acceptors (Lipinski definition) is 3. The number of carboxylic acid groups (broad SMARTS) is 1. The molecule has 0 bridgehead atoms. The third-order valence-electron chi connectivity index (χ3n) is 3.40. The molecular weight excluding hydrogens is 230 g/mol. The summed E-state index contributed by atoms with van der Waals surface area (Å²) in [7, 11) is 1.90. The van der Waals surface area contributed by atoms with Gasteiger partial charge in [0.1, 0.15) is 0 Å². The molecule has 0 aliphatic rings. The molecule has 0 radical (unpaired) electrons. The summed E-state index contributed by atoms with van der Waals surface area (Å²) in [5.74, 6) is -0.754. The first-order valence-electron chi connectivity index (χ1n) is 6.34. The van der Waals surface area contributed by atoms with Crippen LogP contribution in [0.25, 0.3) is 0 Å². The molecule has 5 nitrogen and oxygen atoms in total. The fourth-order valence-electron chi connectivity index (χ4n) is 2.54. The van der Waals surface area contributed by atoms with Crippen molar-refractivity contribution in [1.82, 2.24) is 14.7 Å². The summed E-state index contributed by atoms with van der Waals surface area (Å²) >= 11 is 0. The first kappa shape index (κ1) is 14.7. The molecule has 2 unspecified atom stereocenters. The van der Waals surface area contributed by atoms with Gasteiger partial charge < -0.3 is 5.11 Å². The van der Waals surface area contributed by atoms with E-state index in [2.05, 4.69) is 23.8 Å². The Kier molecular flexibility index (Phi) is 4.90. The predicted molar refractivity (Wildman–Crippen MR) is 70.5 cm³/mol. The summed E-state index contributed by atoms with van der Waals surface area (Å²) in [6.07, 6.45) is 2.17. The fraction of sp³-hybridized carbons (Fsp3) is 0.692. The minimum Gasteiger partial charge on any atom is -0.481 e. The average Bonchev–Trinajstić information content (AvgIpc) is 2.57. The number of carbonyl (C=O) groups is 1. The molecule has 1 rings (SSSR count). The maximum absolute atomic E-state index is 10.8. The van der Waals surface area contributed by atoms with E-state index in [0.717, 1.165) is 17.8 Å². The Labute approximate surface area is 108 Å². The quantitative estimate of drug-likeness (QED) is 0.842. The van der Waals surface area contributed by atoms with E-state index in [4.69, 9.17) is 5.11 Å². The van der Waals surface area contributed by atoms with E-state index in [9.17, 15) is 4.79 Å². The van der Waals surface area contributed by atoms with Crippen LogP contribution in [0.4, 0.5) is 0 Å². The average molecular weight is 253 g/mol. The fourth-order valence-corrected chi connectivity index (χ4v) is 2.54. The summed E-state index contributed by atoms with van der Waals surface area (Å²) in [4.78, 5) is 13.0. The Morgan fingerprint density at radius 2 is 2.17 bits per heavy atom. The van der Waals surface area contributed by atoms with Crippen LogP contribution in [0.15, 0.2) is 6.20 Å². The van der Waals surface area contributed by atoms with Crippen LogP contribution in [0.5, 0.6) is 0 Å². The molecule has 0 saturated heterocycles. The van der Waals surface area contributed by atoms with Gasteiger partial charge >= 0.3 is 5.97 Å². The van der Waals surface area contributed by atoms with Gasteiger partial charge in [0.15, 0.2) is 0 Å². The van der Waals surface area contributed by atoms with Crippen molar-refractivity contribution in [2.75, 3.05) is 6.54 Å². The molecule has 18 heavy (non-hydrogen) atoms. The minimum atomic E-state index is -0.754. The SMILES string of the molecule is CCN(C(C)CC(=O)O)C(C)c1cn(C)nc1C. The van der Waals surface area contributed by atoms with E-state index in [1.54, 1.807) is 4.68 Å². The van der Waals surface area contributed by atoms with Crippen molar-refractivity contribution in [1.29, 1.82) is 0 Å². The zero-order chi connectivity index (χ0) is 13.9. The summed E-state index contributed by atoms with van der Waals surface area (Å²) in [5, 5.41) is 13.2. The van der Waals surface area contributed by atoms with Crippen LogP contribution in [-0.4, -0.2) is 38.3 Å². The lowest BCUT2D eigenvalue weighted by Crippen LogP contribution is -2.36. The molecule has 0 saturated carbocycles. The third-order valence-corrected chi connectivity index (χ3v) is 3.40. The summed E-state index contributed by atoms with van der Waals surface area (Å²) in [6, 6.07) is 0.195. The lowest BCUT2D eigenvalue weighted by atomic mass is 10.1. The largest absolute Gasteiger partial charge is 0.481 e. The molecule has 0 spiro atoms. The molecule has 0 aliphatic heterocycles. The van der Waals surface area contributed by atoms with Crippen LogP contribution in [0.1, 0.15) is 44.5 Å². The lowest BCUT2D eigenvalue weighted by molar-refractivity contribution is -0.138. The van der Waals surface area contributed by atoms with Gasteiger partial charge in [-0.3, -0.25) is 14.4 Å². The third kappa shape index (κ3) is 3.32. The summed E-state index contributed by atoms with van der Waals surface area (Å²) < 4.78 is 1.80. The number of carboxylic acids is 1. The zero-order valence-electron chi connectivity index (χ0n) is 11.8. The highest BCUT2D eigenvalue weighted by molar-refractivity contribution is 5.67. The molecule has 0 aliphatic carbocycles. The van der Waals surface area contributed by atoms with Crippen molar-refractivity contribution >= 4 is 5.97 Å². The molecule has 0 amide bonds. The van der Waals surface area contributed by atoms with E-state index in [1.165, 1.54) is 0 Å². The normalized spacial score (nSPS) is 14.8. The van der Waals surface area contributed by atoms with Crippen LogP contribution in [0.3, 0.4) is 0 Å². The Morgan fingerprint density at radius 1 is 1.56 bits per heavy atom. The highest BCUT2D eigenvalue weighted by Crippen LogP contribution is 2.25. The van der Waals surface area contributed by atoms with Crippen LogP contribution in [0.2, 0.25) is 0 Å². The van der Waals surface area contributed by atoms with Gasteiger partial charge in [-0.05, 0) is 27.3 Å². The molecule has 0 aromatic carbocycles. The number of hydrogen-bond donors (Lipinski definition) is 1. The van der Waals surface area contributed by atoms with Gasteiger partial charge in [0.2, 0.25) is 0 Å². The van der Waals surface area contributed by atoms with E-state index in [-0.39, 0.29) is 18.5 Å². The second-order valence-electron chi connectivity index (χ2n) is 4.80.